The average molecular weight is 322 g/mol. The molecule has 22 heavy (non-hydrogen) atoms. The summed E-state index contributed by atoms with van der Waals surface area (Å²) in [5, 5.41) is 0.807. The molecule has 0 heterocycles. The third-order valence-electron chi connectivity index (χ3n) is 4.26. The standard InChI is InChI=1S/C20H32ClN/c1-7-13-22(8-2)19(14-16(3)4)15-20(5,6)17-9-11-18(21)12-10-17/h9-12,14,19H,7-8,13,15H2,1-6H3. The van der Waals surface area contributed by atoms with Gasteiger partial charge in [-0.1, -0.05) is 63.1 Å². The van der Waals surface area contributed by atoms with Crippen molar-refractivity contribution in [3.05, 3.63) is 46.5 Å². The van der Waals surface area contributed by atoms with Crippen molar-refractivity contribution in [2.75, 3.05) is 13.1 Å². The van der Waals surface area contributed by atoms with Gasteiger partial charge in [-0.25, -0.2) is 0 Å². The van der Waals surface area contributed by atoms with Crippen molar-refractivity contribution < 1.29 is 0 Å². The topological polar surface area (TPSA) is 3.24 Å². The maximum atomic E-state index is 6.03. The number of hydrogen-bond acceptors (Lipinski definition) is 1. The van der Waals surface area contributed by atoms with Gasteiger partial charge in [-0.2, -0.15) is 0 Å². The predicted molar refractivity (Wildman–Crippen MR) is 99.9 cm³/mol. The highest BCUT2D eigenvalue weighted by molar-refractivity contribution is 6.30. The SMILES string of the molecule is CCCN(CC)C(C=C(C)C)CC(C)(C)c1ccc(Cl)cc1. The molecule has 1 atom stereocenters. The fraction of sp³-hybridized carbons (Fsp3) is 0.600. The third-order valence-corrected chi connectivity index (χ3v) is 4.51. The van der Waals surface area contributed by atoms with Gasteiger partial charge in [-0.15, -0.1) is 0 Å². The minimum absolute atomic E-state index is 0.127. The van der Waals surface area contributed by atoms with E-state index in [-0.39, 0.29) is 5.41 Å². The second-order valence-electron chi connectivity index (χ2n) is 7.03. The van der Waals surface area contributed by atoms with Crippen molar-refractivity contribution in [1.82, 2.24) is 4.90 Å². The van der Waals surface area contributed by atoms with Crippen molar-refractivity contribution >= 4 is 11.6 Å². The molecule has 1 nitrogen and oxygen atoms in total. The van der Waals surface area contributed by atoms with Crippen molar-refractivity contribution in [3.8, 4) is 0 Å². The van der Waals surface area contributed by atoms with E-state index in [2.05, 4.69) is 64.7 Å². The molecule has 1 aromatic rings. The molecule has 0 N–H and O–H groups in total. The number of nitrogens with zero attached hydrogens (tertiary/aromatic N) is 1. The molecule has 0 saturated heterocycles. The average Bonchev–Trinajstić information content (AvgIpc) is 2.43. The van der Waals surface area contributed by atoms with E-state index in [0.29, 0.717) is 6.04 Å². The summed E-state index contributed by atoms with van der Waals surface area (Å²) in [6.07, 6.45) is 4.74. The van der Waals surface area contributed by atoms with Crippen molar-refractivity contribution in [2.45, 2.75) is 65.8 Å². The number of hydrogen-bond donors (Lipinski definition) is 0. The monoisotopic (exact) mass is 321 g/mol. The highest BCUT2D eigenvalue weighted by Crippen LogP contribution is 2.31. The summed E-state index contributed by atoms with van der Waals surface area (Å²) in [7, 11) is 0. The largest absolute Gasteiger partial charge is 0.297 e. The Balaban J connectivity index is 3.00. The van der Waals surface area contributed by atoms with Crippen LogP contribution in [0.3, 0.4) is 0 Å². The van der Waals surface area contributed by atoms with Gasteiger partial charge in [0, 0.05) is 11.1 Å². The molecule has 0 aliphatic heterocycles. The van der Waals surface area contributed by atoms with Gasteiger partial charge in [-0.05, 0) is 62.9 Å². The lowest BCUT2D eigenvalue weighted by Crippen LogP contribution is -2.39. The molecule has 0 radical (unpaired) electrons. The highest BCUT2D eigenvalue weighted by atomic mass is 35.5. The summed E-state index contributed by atoms with van der Waals surface area (Å²) in [5.41, 5.74) is 2.88. The zero-order chi connectivity index (χ0) is 16.8. The molecular formula is C20H32ClN. The first-order valence-electron chi connectivity index (χ1n) is 8.45. The van der Waals surface area contributed by atoms with Crippen molar-refractivity contribution in [2.24, 2.45) is 0 Å². The third kappa shape index (κ3) is 5.78. The molecule has 1 unspecified atom stereocenters. The van der Waals surface area contributed by atoms with Crippen LogP contribution in [-0.4, -0.2) is 24.0 Å². The number of likely N-dealkylation sites (N-methyl/N-ethyl adjacent to an activating group) is 1. The fourth-order valence-electron chi connectivity index (χ4n) is 3.07. The van der Waals surface area contributed by atoms with Gasteiger partial charge in [-0.3, -0.25) is 4.90 Å². The van der Waals surface area contributed by atoms with E-state index in [1.807, 2.05) is 12.1 Å². The van der Waals surface area contributed by atoms with Gasteiger partial charge in [0.15, 0.2) is 0 Å². The zero-order valence-corrected chi connectivity index (χ0v) is 15.9. The highest BCUT2D eigenvalue weighted by Gasteiger charge is 2.27. The fourth-order valence-corrected chi connectivity index (χ4v) is 3.19. The normalized spacial score (nSPS) is 13.3. The van der Waals surface area contributed by atoms with Crippen LogP contribution in [-0.2, 0) is 5.41 Å². The molecule has 124 valence electrons. The molecule has 0 spiro atoms. The lowest BCUT2D eigenvalue weighted by Gasteiger charge is -2.36. The molecule has 0 saturated carbocycles. The first kappa shape index (κ1) is 19.3. The molecule has 0 aliphatic rings. The smallest absolute Gasteiger partial charge is 0.0406 e. The van der Waals surface area contributed by atoms with Crippen LogP contribution in [0.1, 0.15) is 59.9 Å². The maximum Gasteiger partial charge on any atom is 0.0406 e. The van der Waals surface area contributed by atoms with E-state index >= 15 is 0 Å². The van der Waals surface area contributed by atoms with Crippen LogP contribution in [0.15, 0.2) is 35.9 Å². The summed E-state index contributed by atoms with van der Waals surface area (Å²) < 4.78 is 0. The van der Waals surface area contributed by atoms with Crippen LogP contribution in [0.5, 0.6) is 0 Å². The van der Waals surface area contributed by atoms with Crippen LogP contribution >= 0.6 is 11.6 Å². The van der Waals surface area contributed by atoms with Crippen LogP contribution in [0.4, 0.5) is 0 Å². The first-order chi connectivity index (χ1) is 10.3. The summed E-state index contributed by atoms with van der Waals surface area (Å²) in [4.78, 5) is 2.59. The molecule has 1 rings (SSSR count). The lowest BCUT2D eigenvalue weighted by atomic mass is 9.78. The van der Waals surface area contributed by atoms with E-state index in [1.165, 1.54) is 17.6 Å². The molecule has 0 aliphatic carbocycles. The Hall–Kier alpha value is -0.790. The first-order valence-corrected chi connectivity index (χ1v) is 8.83. The van der Waals surface area contributed by atoms with Gasteiger partial charge in [0.2, 0.25) is 0 Å². The number of rotatable bonds is 8. The molecule has 0 amide bonds. The summed E-state index contributed by atoms with van der Waals surface area (Å²) in [6, 6.07) is 8.81. The lowest BCUT2D eigenvalue weighted by molar-refractivity contribution is 0.206. The Morgan fingerprint density at radius 3 is 2.23 bits per heavy atom. The number of halogens is 1. The molecular weight excluding hydrogens is 290 g/mol. The van der Waals surface area contributed by atoms with Gasteiger partial charge in [0.05, 0.1) is 0 Å². The van der Waals surface area contributed by atoms with E-state index in [0.717, 1.165) is 24.5 Å². The Kier molecular flexibility index (Phi) is 7.65. The van der Waals surface area contributed by atoms with E-state index in [9.17, 15) is 0 Å². The summed E-state index contributed by atoms with van der Waals surface area (Å²) in [5.74, 6) is 0. The van der Waals surface area contributed by atoms with Gasteiger partial charge in [0.1, 0.15) is 0 Å². The Morgan fingerprint density at radius 2 is 1.77 bits per heavy atom. The van der Waals surface area contributed by atoms with Gasteiger partial charge in [0.25, 0.3) is 0 Å². The summed E-state index contributed by atoms with van der Waals surface area (Å²) in [6.45, 7) is 15.8. The van der Waals surface area contributed by atoms with Crippen LogP contribution in [0.2, 0.25) is 5.02 Å². The van der Waals surface area contributed by atoms with E-state index < -0.39 is 0 Å². The Bertz CT molecular complexity index is 469. The molecule has 1 aromatic carbocycles. The Morgan fingerprint density at radius 1 is 1.18 bits per heavy atom. The predicted octanol–water partition coefficient (Wildman–Crippen LogP) is 6.07. The number of allylic oxidation sites excluding steroid dienone is 1. The van der Waals surface area contributed by atoms with Crippen molar-refractivity contribution in [3.63, 3.8) is 0 Å². The minimum Gasteiger partial charge on any atom is -0.297 e. The maximum absolute atomic E-state index is 6.03. The van der Waals surface area contributed by atoms with Gasteiger partial charge >= 0.3 is 0 Å². The van der Waals surface area contributed by atoms with E-state index in [4.69, 9.17) is 11.6 Å². The van der Waals surface area contributed by atoms with Crippen LogP contribution < -0.4 is 0 Å². The van der Waals surface area contributed by atoms with E-state index in [1.54, 1.807) is 0 Å². The number of benzene rings is 1. The summed E-state index contributed by atoms with van der Waals surface area (Å²) >= 11 is 6.03. The Labute approximate surface area is 142 Å². The minimum atomic E-state index is 0.127. The van der Waals surface area contributed by atoms with Crippen LogP contribution in [0.25, 0.3) is 0 Å². The molecule has 0 aromatic heterocycles. The zero-order valence-electron chi connectivity index (χ0n) is 15.1. The molecule has 2 heteroatoms. The second kappa shape index (κ2) is 8.74. The molecule has 0 fully saturated rings. The van der Waals surface area contributed by atoms with Crippen LogP contribution in [0, 0.1) is 0 Å². The molecule has 0 bridgehead atoms. The van der Waals surface area contributed by atoms with Crippen molar-refractivity contribution in [1.29, 1.82) is 0 Å². The second-order valence-corrected chi connectivity index (χ2v) is 7.47. The van der Waals surface area contributed by atoms with Gasteiger partial charge < -0.3 is 0 Å². The quantitative estimate of drug-likeness (QED) is 0.525.